The number of amides is 1. The van der Waals surface area contributed by atoms with Crippen molar-refractivity contribution < 1.29 is 14.7 Å². The van der Waals surface area contributed by atoms with Crippen LogP contribution in [0.25, 0.3) is 0 Å². The van der Waals surface area contributed by atoms with E-state index in [0.29, 0.717) is 19.3 Å². The van der Waals surface area contributed by atoms with Gasteiger partial charge in [-0.05, 0) is 26.2 Å². The Morgan fingerprint density at radius 1 is 1.19 bits per heavy atom. The van der Waals surface area contributed by atoms with Gasteiger partial charge in [0.1, 0.15) is 0 Å². The molecular weight excluding hydrogens is 206 g/mol. The average Bonchev–Trinajstić information content (AvgIpc) is 2.21. The number of hydrogen-bond acceptors (Lipinski definition) is 2. The van der Waals surface area contributed by atoms with Crippen LogP contribution in [-0.4, -0.2) is 23.0 Å². The predicted octanol–water partition coefficient (Wildman–Crippen LogP) is 2.33. The topological polar surface area (TPSA) is 66.4 Å². The van der Waals surface area contributed by atoms with Crippen molar-refractivity contribution in [3.05, 3.63) is 0 Å². The number of carboxylic acid groups (broad SMARTS) is 1. The lowest BCUT2D eigenvalue weighted by Gasteiger charge is -2.12. The van der Waals surface area contributed by atoms with Crippen molar-refractivity contribution in [1.82, 2.24) is 5.32 Å². The normalized spacial score (nSPS) is 12.1. The monoisotopic (exact) mass is 229 g/mol. The molecule has 1 unspecified atom stereocenters. The van der Waals surface area contributed by atoms with Crippen molar-refractivity contribution in [2.45, 2.75) is 64.8 Å². The van der Waals surface area contributed by atoms with E-state index in [4.69, 9.17) is 5.11 Å². The van der Waals surface area contributed by atoms with Gasteiger partial charge in [0.15, 0.2) is 0 Å². The van der Waals surface area contributed by atoms with E-state index in [1.807, 2.05) is 6.92 Å². The number of carbonyl (C=O) groups excluding carboxylic acids is 1. The lowest BCUT2D eigenvalue weighted by molar-refractivity contribution is -0.137. The maximum Gasteiger partial charge on any atom is 0.303 e. The Kier molecular flexibility index (Phi) is 8.58. The zero-order valence-electron chi connectivity index (χ0n) is 10.3. The third-order valence-corrected chi connectivity index (χ3v) is 2.44. The van der Waals surface area contributed by atoms with Gasteiger partial charge in [-0.15, -0.1) is 0 Å². The van der Waals surface area contributed by atoms with Gasteiger partial charge in [0.25, 0.3) is 0 Å². The zero-order chi connectivity index (χ0) is 12.4. The van der Waals surface area contributed by atoms with E-state index < -0.39 is 5.97 Å². The molecule has 16 heavy (non-hydrogen) atoms. The summed E-state index contributed by atoms with van der Waals surface area (Å²) in [7, 11) is 0. The molecule has 0 aromatic carbocycles. The summed E-state index contributed by atoms with van der Waals surface area (Å²) < 4.78 is 0. The number of carboxylic acids is 1. The third-order valence-electron chi connectivity index (χ3n) is 2.44. The number of hydrogen-bond donors (Lipinski definition) is 2. The molecule has 0 aliphatic heterocycles. The maximum atomic E-state index is 11.4. The van der Waals surface area contributed by atoms with Crippen LogP contribution in [0.15, 0.2) is 0 Å². The summed E-state index contributed by atoms with van der Waals surface area (Å²) in [6.07, 6.45) is 5.09. The van der Waals surface area contributed by atoms with Crippen molar-refractivity contribution in [2.75, 3.05) is 0 Å². The van der Waals surface area contributed by atoms with Gasteiger partial charge >= 0.3 is 5.97 Å². The van der Waals surface area contributed by atoms with Gasteiger partial charge in [-0.25, -0.2) is 0 Å². The van der Waals surface area contributed by atoms with Crippen LogP contribution in [0.5, 0.6) is 0 Å². The zero-order valence-corrected chi connectivity index (χ0v) is 10.3. The summed E-state index contributed by atoms with van der Waals surface area (Å²) in [5, 5.41) is 11.3. The number of aliphatic carboxylic acids is 1. The van der Waals surface area contributed by atoms with Gasteiger partial charge in [-0.2, -0.15) is 0 Å². The predicted molar refractivity (Wildman–Crippen MR) is 63.2 cm³/mol. The number of nitrogens with one attached hydrogen (secondary N) is 1. The fourth-order valence-electron chi connectivity index (χ4n) is 1.49. The van der Waals surface area contributed by atoms with Gasteiger partial charge in [0, 0.05) is 18.9 Å². The Morgan fingerprint density at radius 3 is 2.38 bits per heavy atom. The standard InChI is InChI=1S/C12H23NO3/c1-3-4-7-10(2)13-11(14)8-5-6-9-12(15)16/h10H,3-9H2,1-2H3,(H,13,14)(H,15,16). The minimum Gasteiger partial charge on any atom is -0.481 e. The minimum atomic E-state index is -0.795. The van der Waals surface area contributed by atoms with Crippen molar-refractivity contribution in [3.8, 4) is 0 Å². The van der Waals surface area contributed by atoms with Gasteiger partial charge < -0.3 is 10.4 Å². The first-order valence-electron chi connectivity index (χ1n) is 6.07. The van der Waals surface area contributed by atoms with Crippen LogP contribution in [-0.2, 0) is 9.59 Å². The SMILES string of the molecule is CCCCC(C)NC(=O)CCCCC(=O)O. The van der Waals surface area contributed by atoms with Crippen molar-refractivity contribution in [1.29, 1.82) is 0 Å². The summed E-state index contributed by atoms with van der Waals surface area (Å²) in [4.78, 5) is 21.6. The molecule has 4 nitrogen and oxygen atoms in total. The lowest BCUT2D eigenvalue weighted by Crippen LogP contribution is -2.32. The van der Waals surface area contributed by atoms with Gasteiger partial charge in [-0.3, -0.25) is 9.59 Å². The molecule has 0 bridgehead atoms. The highest BCUT2D eigenvalue weighted by atomic mass is 16.4. The molecule has 0 spiro atoms. The van der Waals surface area contributed by atoms with Crippen LogP contribution in [0.2, 0.25) is 0 Å². The van der Waals surface area contributed by atoms with Crippen LogP contribution in [0.3, 0.4) is 0 Å². The second-order valence-corrected chi connectivity index (χ2v) is 4.21. The molecule has 0 heterocycles. The van der Waals surface area contributed by atoms with Crippen molar-refractivity contribution >= 4 is 11.9 Å². The molecule has 0 fully saturated rings. The second-order valence-electron chi connectivity index (χ2n) is 4.21. The summed E-state index contributed by atoms with van der Waals surface area (Å²) >= 11 is 0. The molecule has 4 heteroatoms. The lowest BCUT2D eigenvalue weighted by atomic mass is 10.1. The van der Waals surface area contributed by atoms with E-state index >= 15 is 0 Å². The Morgan fingerprint density at radius 2 is 1.81 bits per heavy atom. The Labute approximate surface area is 97.4 Å². The van der Waals surface area contributed by atoms with E-state index in [2.05, 4.69) is 12.2 Å². The van der Waals surface area contributed by atoms with Crippen molar-refractivity contribution in [3.63, 3.8) is 0 Å². The number of rotatable bonds is 9. The maximum absolute atomic E-state index is 11.4. The Hall–Kier alpha value is -1.06. The smallest absolute Gasteiger partial charge is 0.303 e. The molecule has 0 aliphatic carbocycles. The second kappa shape index (κ2) is 9.19. The number of unbranched alkanes of at least 4 members (excludes halogenated alkanes) is 2. The van der Waals surface area contributed by atoms with E-state index in [1.165, 1.54) is 0 Å². The average molecular weight is 229 g/mol. The molecule has 1 atom stereocenters. The fraction of sp³-hybridized carbons (Fsp3) is 0.833. The molecule has 0 saturated heterocycles. The molecule has 2 N–H and O–H groups in total. The molecule has 0 aliphatic rings. The molecule has 0 rings (SSSR count). The van der Waals surface area contributed by atoms with Gasteiger partial charge in [-0.1, -0.05) is 19.8 Å². The molecule has 0 radical (unpaired) electrons. The largest absolute Gasteiger partial charge is 0.481 e. The molecular formula is C12H23NO3. The number of carbonyl (C=O) groups is 2. The first-order valence-corrected chi connectivity index (χ1v) is 6.07. The molecule has 1 amide bonds. The first kappa shape index (κ1) is 14.9. The Balaban J connectivity index is 3.46. The van der Waals surface area contributed by atoms with E-state index in [0.717, 1.165) is 19.3 Å². The molecule has 0 aromatic heterocycles. The molecule has 94 valence electrons. The highest BCUT2D eigenvalue weighted by molar-refractivity contribution is 5.76. The van der Waals surface area contributed by atoms with Crippen LogP contribution < -0.4 is 5.32 Å². The van der Waals surface area contributed by atoms with E-state index in [-0.39, 0.29) is 18.4 Å². The van der Waals surface area contributed by atoms with Crippen LogP contribution in [0.1, 0.15) is 58.8 Å². The quantitative estimate of drug-likeness (QED) is 0.596. The summed E-state index contributed by atoms with van der Waals surface area (Å²) in [5.41, 5.74) is 0. The van der Waals surface area contributed by atoms with Crippen LogP contribution in [0.4, 0.5) is 0 Å². The Bertz CT molecular complexity index is 216. The van der Waals surface area contributed by atoms with Crippen LogP contribution >= 0.6 is 0 Å². The van der Waals surface area contributed by atoms with E-state index in [1.54, 1.807) is 0 Å². The third kappa shape index (κ3) is 9.49. The van der Waals surface area contributed by atoms with E-state index in [9.17, 15) is 9.59 Å². The first-order chi connectivity index (χ1) is 7.56. The van der Waals surface area contributed by atoms with Crippen molar-refractivity contribution in [2.24, 2.45) is 0 Å². The van der Waals surface area contributed by atoms with Gasteiger partial charge in [0.2, 0.25) is 5.91 Å². The molecule has 0 aromatic rings. The van der Waals surface area contributed by atoms with Gasteiger partial charge in [0.05, 0.1) is 0 Å². The highest BCUT2D eigenvalue weighted by Gasteiger charge is 2.06. The highest BCUT2D eigenvalue weighted by Crippen LogP contribution is 2.02. The van der Waals surface area contributed by atoms with Crippen LogP contribution in [0, 0.1) is 0 Å². The summed E-state index contributed by atoms with van der Waals surface area (Å²) in [6, 6.07) is 0.229. The minimum absolute atomic E-state index is 0.0361. The molecule has 0 saturated carbocycles. The summed E-state index contributed by atoms with van der Waals surface area (Å²) in [5.74, 6) is -0.759. The fourth-order valence-corrected chi connectivity index (χ4v) is 1.49. The summed E-state index contributed by atoms with van der Waals surface area (Å²) in [6.45, 7) is 4.13.